The van der Waals surface area contributed by atoms with Gasteiger partial charge in [0.15, 0.2) is 0 Å². The van der Waals surface area contributed by atoms with Crippen LogP contribution in [-0.2, 0) is 9.59 Å². The fourth-order valence-corrected chi connectivity index (χ4v) is 4.53. The van der Waals surface area contributed by atoms with E-state index in [2.05, 4.69) is 39.5 Å². The molecule has 1 heterocycles. The van der Waals surface area contributed by atoms with Crippen LogP contribution in [0.1, 0.15) is 76.1 Å². The molecular formula is C30H40N2O4. The lowest BCUT2D eigenvalue weighted by atomic mass is 9.93. The van der Waals surface area contributed by atoms with Crippen LogP contribution < -0.4 is 4.74 Å². The molecule has 0 radical (unpaired) electrons. The van der Waals surface area contributed by atoms with Crippen LogP contribution in [0.3, 0.4) is 0 Å². The molecule has 1 saturated heterocycles. The van der Waals surface area contributed by atoms with Crippen LogP contribution in [0.4, 0.5) is 0 Å². The Bertz CT molecular complexity index is 1070. The fourth-order valence-electron chi connectivity index (χ4n) is 4.53. The minimum atomic E-state index is -0.651. The molecular weight excluding hydrogens is 452 g/mol. The third kappa shape index (κ3) is 6.16. The Balaban J connectivity index is 2.05. The lowest BCUT2D eigenvalue weighted by Gasteiger charge is -2.28. The Labute approximate surface area is 215 Å². The first-order valence-corrected chi connectivity index (χ1v) is 13.2. The number of nitrogens with zero attached hydrogens (tertiary/aromatic N) is 2. The van der Waals surface area contributed by atoms with Gasteiger partial charge in [0.05, 0.1) is 18.2 Å². The number of rotatable bonds is 12. The van der Waals surface area contributed by atoms with Crippen molar-refractivity contribution in [3.63, 3.8) is 0 Å². The maximum Gasteiger partial charge on any atom is 0.295 e. The zero-order chi connectivity index (χ0) is 26.2. The summed E-state index contributed by atoms with van der Waals surface area (Å²) in [5.74, 6) is -0.401. The number of ether oxygens (including phenoxy) is 1. The maximum atomic E-state index is 13.3. The van der Waals surface area contributed by atoms with Crippen molar-refractivity contribution >= 4 is 17.4 Å². The van der Waals surface area contributed by atoms with Crippen molar-refractivity contribution in [1.82, 2.24) is 9.80 Å². The number of aliphatic hydroxyl groups is 1. The second-order valence-electron chi connectivity index (χ2n) is 9.57. The average Bonchev–Trinajstić information content (AvgIpc) is 3.14. The van der Waals surface area contributed by atoms with Crippen molar-refractivity contribution in [2.75, 3.05) is 32.8 Å². The number of carbonyl (C=O) groups excluding carboxylic acids is 2. The smallest absolute Gasteiger partial charge is 0.295 e. The van der Waals surface area contributed by atoms with E-state index in [4.69, 9.17) is 4.74 Å². The molecule has 3 rings (SSSR count). The third-order valence-electron chi connectivity index (χ3n) is 6.88. The summed E-state index contributed by atoms with van der Waals surface area (Å²) >= 11 is 0. The number of Topliss-reactive ketones (excluding diaryl/α,β-unsaturated/α-hetero) is 1. The molecule has 36 heavy (non-hydrogen) atoms. The van der Waals surface area contributed by atoms with E-state index < -0.39 is 17.7 Å². The number of aliphatic hydroxyl groups excluding tert-OH is 1. The summed E-state index contributed by atoms with van der Waals surface area (Å²) in [5.41, 5.74) is 2.59. The SMILES string of the molecule is CCCCOc1cccc(C(O)=C2C(=O)C(=O)N(CCN(CC)CC)C2c2ccc(C(C)C)cc2)c1. The molecule has 0 spiro atoms. The van der Waals surface area contributed by atoms with Gasteiger partial charge in [-0.15, -0.1) is 0 Å². The van der Waals surface area contributed by atoms with Crippen molar-refractivity contribution in [3.8, 4) is 5.75 Å². The van der Waals surface area contributed by atoms with Crippen LogP contribution in [-0.4, -0.2) is 59.4 Å². The van der Waals surface area contributed by atoms with Crippen LogP contribution in [0.2, 0.25) is 0 Å². The van der Waals surface area contributed by atoms with E-state index in [-0.39, 0.29) is 11.3 Å². The van der Waals surface area contributed by atoms with E-state index in [0.717, 1.165) is 31.5 Å². The summed E-state index contributed by atoms with van der Waals surface area (Å²) in [6.45, 7) is 13.9. The van der Waals surface area contributed by atoms with E-state index >= 15 is 0 Å². The number of hydrogen-bond donors (Lipinski definition) is 1. The topological polar surface area (TPSA) is 70.1 Å². The van der Waals surface area contributed by atoms with Crippen molar-refractivity contribution in [3.05, 3.63) is 70.8 Å². The number of unbranched alkanes of at least 4 members (excludes halogenated alkanes) is 1. The van der Waals surface area contributed by atoms with Gasteiger partial charge in [0, 0.05) is 18.7 Å². The van der Waals surface area contributed by atoms with Gasteiger partial charge in [-0.1, -0.05) is 77.4 Å². The second kappa shape index (κ2) is 12.7. The number of likely N-dealkylation sites (N-methyl/N-ethyl adjacent to an activating group) is 1. The quantitative estimate of drug-likeness (QED) is 0.177. The molecule has 0 aliphatic carbocycles. The highest BCUT2D eigenvalue weighted by molar-refractivity contribution is 6.46. The molecule has 2 aromatic rings. The Kier molecular flexibility index (Phi) is 9.71. The summed E-state index contributed by atoms with van der Waals surface area (Å²) in [6.07, 6.45) is 1.95. The number of ketones is 1. The van der Waals surface area contributed by atoms with Gasteiger partial charge in [0.2, 0.25) is 0 Å². The molecule has 1 aliphatic rings. The van der Waals surface area contributed by atoms with Crippen LogP contribution >= 0.6 is 0 Å². The molecule has 1 N–H and O–H groups in total. The van der Waals surface area contributed by atoms with Crippen molar-refractivity contribution in [1.29, 1.82) is 0 Å². The minimum absolute atomic E-state index is 0.127. The second-order valence-corrected chi connectivity index (χ2v) is 9.57. The Morgan fingerprint density at radius 1 is 1.06 bits per heavy atom. The van der Waals surface area contributed by atoms with E-state index in [9.17, 15) is 14.7 Å². The molecule has 2 aromatic carbocycles. The number of carbonyl (C=O) groups is 2. The van der Waals surface area contributed by atoms with Gasteiger partial charge in [0.25, 0.3) is 11.7 Å². The average molecular weight is 493 g/mol. The summed E-state index contributed by atoms with van der Waals surface area (Å²) < 4.78 is 5.80. The lowest BCUT2D eigenvalue weighted by molar-refractivity contribution is -0.140. The van der Waals surface area contributed by atoms with E-state index in [1.165, 1.54) is 5.56 Å². The Morgan fingerprint density at radius 3 is 2.36 bits per heavy atom. The van der Waals surface area contributed by atoms with E-state index in [1.807, 2.05) is 30.3 Å². The number of likely N-dealkylation sites (tertiary alicyclic amines) is 1. The largest absolute Gasteiger partial charge is 0.507 e. The van der Waals surface area contributed by atoms with E-state index in [1.54, 1.807) is 23.1 Å². The third-order valence-corrected chi connectivity index (χ3v) is 6.88. The molecule has 1 amide bonds. The normalized spacial score (nSPS) is 17.4. The molecule has 0 aromatic heterocycles. The summed E-state index contributed by atoms with van der Waals surface area (Å²) in [5, 5.41) is 11.4. The van der Waals surface area contributed by atoms with Crippen LogP contribution in [0.15, 0.2) is 54.1 Å². The van der Waals surface area contributed by atoms with Gasteiger partial charge >= 0.3 is 0 Å². The van der Waals surface area contributed by atoms with Crippen LogP contribution in [0, 0.1) is 0 Å². The first-order valence-electron chi connectivity index (χ1n) is 13.2. The summed E-state index contributed by atoms with van der Waals surface area (Å²) in [6, 6.07) is 14.4. The molecule has 1 unspecified atom stereocenters. The predicted octanol–water partition coefficient (Wildman–Crippen LogP) is 5.75. The predicted molar refractivity (Wildman–Crippen MR) is 144 cm³/mol. The number of hydrogen-bond acceptors (Lipinski definition) is 5. The number of benzene rings is 2. The molecule has 194 valence electrons. The first-order chi connectivity index (χ1) is 17.3. The highest BCUT2D eigenvalue weighted by atomic mass is 16.5. The molecule has 6 nitrogen and oxygen atoms in total. The van der Waals surface area contributed by atoms with E-state index in [0.29, 0.717) is 36.9 Å². The van der Waals surface area contributed by atoms with Crippen molar-refractivity contribution in [2.24, 2.45) is 0 Å². The molecule has 6 heteroatoms. The molecule has 0 saturated carbocycles. The fraction of sp³-hybridized carbons (Fsp3) is 0.467. The molecule has 1 aliphatic heterocycles. The Hall–Kier alpha value is -3.12. The molecule has 1 fully saturated rings. The lowest BCUT2D eigenvalue weighted by Crippen LogP contribution is -2.38. The zero-order valence-corrected chi connectivity index (χ0v) is 22.3. The van der Waals surface area contributed by atoms with Crippen LogP contribution in [0.5, 0.6) is 5.75 Å². The highest BCUT2D eigenvalue weighted by Gasteiger charge is 2.46. The standard InChI is InChI=1S/C30H40N2O4/c1-6-9-19-36-25-12-10-11-24(20-25)28(33)26-27(23-15-13-22(14-16-23)21(4)5)32(30(35)29(26)34)18-17-31(7-2)8-3/h10-16,20-21,27,33H,6-9,17-19H2,1-5H3. The van der Waals surface area contributed by atoms with Gasteiger partial charge in [-0.25, -0.2) is 0 Å². The minimum Gasteiger partial charge on any atom is -0.507 e. The van der Waals surface area contributed by atoms with Gasteiger partial charge in [-0.3, -0.25) is 9.59 Å². The summed E-state index contributed by atoms with van der Waals surface area (Å²) in [4.78, 5) is 30.4. The number of amides is 1. The van der Waals surface area contributed by atoms with Gasteiger partial charge < -0.3 is 19.6 Å². The van der Waals surface area contributed by atoms with Gasteiger partial charge in [0.1, 0.15) is 11.5 Å². The molecule has 1 atom stereocenters. The molecule has 0 bridgehead atoms. The van der Waals surface area contributed by atoms with Crippen LogP contribution in [0.25, 0.3) is 5.76 Å². The Morgan fingerprint density at radius 2 is 1.75 bits per heavy atom. The van der Waals surface area contributed by atoms with Gasteiger partial charge in [-0.05, 0) is 48.7 Å². The first kappa shape index (κ1) is 27.5. The monoisotopic (exact) mass is 492 g/mol. The zero-order valence-electron chi connectivity index (χ0n) is 22.3. The highest BCUT2D eigenvalue weighted by Crippen LogP contribution is 2.40. The summed E-state index contributed by atoms with van der Waals surface area (Å²) in [7, 11) is 0. The van der Waals surface area contributed by atoms with Gasteiger partial charge in [-0.2, -0.15) is 0 Å². The van der Waals surface area contributed by atoms with Crippen molar-refractivity contribution in [2.45, 2.75) is 59.4 Å². The van der Waals surface area contributed by atoms with Crippen molar-refractivity contribution < 1.29 is 19.4 Å². The maximum absolute atomic E-state index is 13.3.